The van der Waals surface area contributed by atoms with Gasteiger partial charge in [0.25, 0.3) is 0 Å². The lowest BCUT2D eigenvalue weighted by Crippen LogP contribution is -2.06. The summed E-state index contributed by atoms with van der Waals surface area (Å²) in [6, 6.07) is 21.4. The van der Waals surface area contributed by atoms with Gasteiger partial charge in [-0.1, -0.05) is 36.4 Å². The summed E-state index contributed by atoms with van der Waals surface area (Å²) in [5.41, 5.74) is 10.5. The highest BCUT2D eigenvalue weighted by atomic mass is 16.5. The molecule has 0 unspecified atom stereocenters. The third-order valence-electron chi connectivity index (χ3n) is 5.63. The summed E-state index contributed by atoms with van der Waals surface area (Å²) < 4.78 is 12.7. The summed E-state index contributed by atoms with van der Waals surface area (Å²) in [5, 5.41) is 8.65. The number of hydrogen-bond donors (Lipinski definition) is 2. The Hall–Kier alpha value is -4.66. The van der Waals surface area contributed by atoms with Crippen LogP contribution in [0, 0.1) is 0 Å². The predicted molar refractivity (Wildman–Crippen MR) is 135 cm³/mol. The van der Waals surface area contributed by atoms with Crippen molar-refractivity contribution >= 4 is 22.8 Å². The van der Waals surface area contributed by atoms with Gasteiger partial charge in [-0.05, 0) is 35.9 Å². The Kier molecular flexibility index (Phi) is 6.13. The quantitative estimate of drug-likeness (QED) is 0.350. The average molecular weight is 468 g/mol. The van der Waals surface area contributed by atoms with Crippen LogP contribution in [0.1, 0.15) is 11.3 Å². The molecule has 5 aromatic rings. The number of benzene rings is 2. The molecule has 0 fully saturated rings. The summed E-state index contributed by atoms with van der Waals surface area (Å²) in [6.07, 6.45) is 1.75. The number of hydrogen-bond acceptors (Lipinski definition) is 8. The van der Waals surface area contributed by atoms with Crippen molar-refractivity contribution in [3.8, 4) is 22.8 Å². The van der Waals surface area contributed by atoms with E-state index in [0.717, 1.165) is 16.8 Å². The standard InChI is InChI=1S/C26H25N7O2/c1-34-20-12-11-18(14-21(20)35-2)23-22-24(27)33(16-17-8-4-3-5-9-17)32-25(22)31-26(30-23)29-15-19-10-6-7-13-28-19/h3-14H,15-16,27H2,1-2H3,(H,29,31,32). The monoisotopic (exact) mass is 467 g/mol. The van der Waals surface area contributed by atoms with Crippen LogP contribution < -0.4 is 20.5 Å². The normalized spacial score (nSPS) is 10.9. The molecule has 35 heavy (non-hydrogen) atoms. The third kappa shape index (κ3) is 4.56. The van der Waals surface area contributed by atoms with Gasteiger partial charge in [-0.2, -0.15) is 4.98 Å². The molecule has 0 spiro atoms. The van der Waals surface area contributed by atoms with E-state index in [9.17, 15) is 0 Å². The lowest BCUT2D eigenvalue weighted by atomic mass is 10.1. The third-order valence-corrected chi connectivity index (χ3v) is 5.63. The molecular weight excluding hydrogens is 442 g/mol. The van der Waals surface area contributed by atoms with Crippen molar-refractivity contribution in [2.75, 3.05) is 25.3 Å². The van der Waals surface area contributed by atoms with E-state index in [2.05, 4.69) is 15.3 Å². The smallest absolute Gasteiger partial charge is 0.225 e. The largest absolute Gasteiger partial charge is 0.493 e. The number of nitrogen functional groups attached to an aromatic ring is 1. The maximum atomic E-state index is 6.60. The van der Waals surface area contributed by atoms with Crippen LogP contribution in [-0.4, -0.2) is 39.0 Å². The van der Waals surface area contributed by atoms with Gasteiger partial charge in [-0.25, -0.2) is 9.67 Å². The van der Waals surface area contributed by atoms with Crippen LogP contribution in [0.5, 0.6) is 11.5 Å². The fourth-order valence-electron chi connectivity index (χ4n) is 3.88. The zero-order chi connectivity index (χ0) is 24.2. The Morgan fingerprint density at radius 1 is 0.914 bits per heavy atom. The first kappa shape index (κ1) is 22.1. The molecule has 9 heteroatoms. The average Bonchev–Trinajstić information content (AvgIpc) is 3.22. The van der Waals surface area contributed by atoms with Crippen LogP contribution in [0.3, 0.4) is 0 Å². The zero-order valence-corrected chi connectivity index (χ0v) is 19.5. The minimum absolute atomic E-state index is 0.428. The first-order valence-corrected chi connectivity index (χ1v) is 11.1. The molecule has 9 nitrogen and oxygen atoms in total. The molecule has 0 saturated heterocycles. The van der Waals surface area contributed by atoms with Crippen molar-refractivity contribution in [1.29, 1.82) is 0 Å². The van der Waals surface area contributed by atoms with Crippen molar-refractivity contribution < 1.29 is 9.47 Å². The fourth-order valence-corrected chi connectivity index (χ4v) is 3.88. The van der Waals surface area contributed by atoms with Gasteiger partial charge in [0.2, 0.25) is 5.95 Å². The topological polar surface area (TPSA) is 113 Å². The van der Waals surface area contributed by atoms with E-state index in [1.165, 1.54) is 0 Å². The molecule has 3 aromatic heterocycles. The summed E-state index contributed by atoms with van der Waals surface area (Å²) in [7, 11) is 3.20. The molecule has 0 atom stereocenters. The maximum Gasteiger partial charge on any atom is 0.225 e. The highest BCUT2D eigenvalue weighted by molar-refractivity contribution is 5.99. The van der Waals surface area contributed by atoms with E-state index >= 15 is 0 Å². The second kappa shape index (κ2) is 9.68. The number of ether oxygens (including phenoxy) is 2. The van der Waals surface area contributed by atoms with Crippen molar-refractivity contribution in [2.45, 2.75) is 13.1 Å². The summed E-state index contributed by atoms with van der Waals surface area (Å²) in [6.45, 7) is 0.989. The van der Waals surface area contributed by atoms with E-state index in [1.54, 1.807) is 25.1 Å². The lowest BCUT2D eigenvalue weighted by Gasteiger charge is -2.11. The van der Waals surface area contributed by atoms with Gasteiger partial charge in [0.05, 0.1) is 44.1 Å². The minimum atomic E-state index is 0.428. The molecular formula is C26H25N7O2. The molecule has 0 aliphatic carbocycles. The van der Waals surface area contributed by atoms with Crippen molar-refractivity contribution in [1.82, 2.24) is 24.7 Å². The second-order valence-corrected chi connectivity index (χ2v) is 7.87. The molecule has 0 saturated carbocycles. The number of nitrogens with zero attached hydrogens (tertiary/aromatic N) is 5. The molecule has 3 N–H and O–H groups in total. The Balaban J connectivity index is 1.61. The number of nitrogens with two attached hydrogens (primary N) is 1. The van der Waals surface area contributed by atoms with E-state index in [-0.39, 0.29) is 0 Å². The van der Waals surface area contributed by atoms with E-state index in [0.29, 0.717) is 53.1 Å². The van der Waals surface area contributed by atoms with Crippen LogP contribution in [-0.2, 0) is 13.1 Å². The molecule has 0 bridgehead atoms. The van der Waals surface area contributed by atoms with Gasteiger partial charge < -0.3 is 20.5 Å². The number of anilines is 2. The van der Waals surface area contributed by atoms with Crippen molar-refractivity contribution in [3.05, 3.63) is 84.2 Å². The Morgan fingerprint density at radius 2 is 1.71 bits per heavy atom. The predicted octanol–water partition coefficient (Wildman–Crippen LogP) is 4.15. The van der Waals surface area contributed by atoms with E-state index < -0.39 is 0 Å². The minimum Gasteiger partial charge on any atom is -0.493 e. The molecule has 5 rings (SSSR count). The Labute approximate surface area is 202 Å². The highest BCUT2D eigenvalue weighted by Crippen LogP contribution is 2.36. The fraction of sp³-hybridized carbons (Fsp3) is 0.154. The van der Waals surface area contributed by atoms with Crippen molar-refractivity contribution in [2.24, 2.45) is 0 Å². The first-order valence-electron chi connectivity index (χ1n) is 11.1. The number of methoxy groups -OCH3 is 2. The molecule has 0 aliphatic rings. The van der Waals surface area contributed by atoms with Gasteiger partial charge >= 0.3 is 0 Å². The first-order chi connectivity index (χ1) is 17.2. The molecule has 176 valence electrons. The van der Waals surface area contributed by atoms with Crippen LogP contribution in [0.25, 0.3) is 22.3 Å². The second-order valence-electron chi connectivity index (χ2n) is 7.87. The number of pyridine rings is 1. The van der Waals surface area contributed by atoms with Crippen LogP contribution in [0.15, 0.2) is 72.9 Å². The molecule has 3 heterocycles. The summed E-state index contributed by atoms with van der Waals surface area (Å²) >= 11 is 0. The van der Waals surface area contributed by atoms with Gasteiger partial charge in [-0.15, -0.1) is 5.10 Å². The van der Waals surface area contributed by atoms with E-state index in [1.807, 2.05) is 66.7 Å². The van der Waals surface area contributed by atoms with E-state index in [4.69, 9.17) is 25.3 Å². The number of nitrogens with one attached hydrogen (secondary N) is 1. The Bertz CT molecular complexity index is 1450. The van der Waals surface area contributed by atoms with Gasteiger partial charge in [0, 0.05) is 11.8 Å². The van der Waals surface area contributed by atoms with Crippen LogP contribution in [0.4, 0.5) is 11.8 Å². The van der Waals surface area contributed by atoms with Crippen LogP contribution in [0.2, 0.25) is 0 Å². The number of rotatable bonds is 8. The number of fused-ring (bicyclic) bond motifs is 1. The SMILES string of the molecule is COc1ccc(-c2nc(NCc3ccccn3)nc3nn(Cc4ccccc4)c(N)c23)cc1OC. The molecule has 0 radical (unpaired) electrons. The molecule has 0 amide bonds. The van der Waals surface area contributed by atoms with Gasteiger partial charge in [-0.3, -0.25) is 4.98 Å². The van der Waals surface area contributed by atoms with Crippen molar-refractivity contribution in [3.63, 3.8) is 0 Å². The molecule has 0 aliphatic heterocycles. The summed E-state index contributed by atoms with van der Waals surface area (Å²) in [5.74, 6) is 2.14. The van der Waals surface area contributed by atoms with Gasteiger partial charge in [0.1, 0.15) is 5.82 Å². The highest BCUT2D eigenvalue weighted by Gasteiger charge is 2.20. The zero-order valence-electron chi connectivity index (χ0n) is 19.5. The van der Waals surface area contributed by atoms with Crippen LogP contribution >= 0.6 is 0 Å². The number of aromatic nitrogens is 5. The Morgan fingerprint density at radius 3 is 2.46 bits per heavy atom. The maximum absolute atomic E-state index is 6.60. The lowest BCUT2D eigenvalue weighted by molar-refractivity contribution is 0.355. The molecule has 2 aromatic carbocycles. The summed E-state index contributed by atoms with van der Waals surface area (Å²) in [4.78, 5) is 13.8. The van der Waals surface area contributed by atoms with Gasteiger partial charge in [0.15, 0.2) is 17.1 Å².